The lowest BCUT2D eigenvalue weighted by molar-refractivity contribution is -0.129. The molecule has 2 aromatic carbocycles. The first kappa shape index (κ1) is 20.4. The number of nitrogens with zero attached hydrogens (tertiary/aromatic N) is 1. The molecule has 0 spiro atoms. The minimum atomic E-state index is -1.00. The normalized spacial score (nSPS) is 18.4. The number of morpholine rings is 1. The van der Waals surface area contributed by atoms with Gasteiger partial charge in [0.05, 0.1) is 25.2 Å². The van der Waals surface area contributed by atoms with Crippen molar-refractivity contribution < 1.29 is 19.4 Å². The molecule has 0 bridgehead atoms. The Labute approximate surface area is 176 Å². The van der Waals surface area contributed by atoms with Gasteiger partial charge in [0, 0.05) is 24.5 Å². The van der Waals surface area contributed by atoms with Crippen LogP contribution >= 0.6 is 0 Å². The zero-order valence-corrected chi connectivity index (χ0v) is 16.8. The molecule has 2 amide bonds. The number of benzene rings is 2. The molecular formula is C23H27N3O4. The van der Waals surface area contributed by atoms with E-state index < -0.39 is 24.0 Å². The summed E-state index contributed by atoms with van der Waals surface area (Å²) in [7, 11) is 0. The van der Waals surface area contributed by atoms with Crippen molar-refractivity contribution in [2.45, 2.75) is 24.3 Å². The number of aliphatic hydroxyl groups is 1. The summed E-state index contributed by atoms with van der Waals surface area (Å²) in [6.45, 7) is 2.64. The molecule has 0 aromatic heterocycles. The van der Waals surface area contributed by atoms with Crippen molar-refractivity contribution in [3.05, 3.63) is 60.2 Å². The minimum absolute atomic E-state index is 0.217. The number of carbonyl (C=O) groups is 2. The maximum absolute atomic E-state index is 12.9. The van der Waals surface area contributed by atoms with Crippen LogP contribution in [0.4, 0.5) is 11.4 Å². The van der Waals surface area contributed by atoms with Gasteiger partial charge in [0.15, 0.2) is 0 Å². The highest BCUT2D eigenvalue weighted by Crippen LogP contribution is 2.48. The fraction of sp³-hybridized carbons (Fsp3) is 0.391. The molecule has 1 aliphatic carbocycles. The van der Waals surface area contributed by atoms with E-state index in [0.29, 0.717) is 18.9 Å². The molecule has 0 radical (unpaired) electrons. The van der Waals surface area contributed by atoms with Gasteiger partial charge in [-0.3, -0.25) is 9.59 Å². The summed E-state index contributed by atoms with van der Waals surface area (Å²) in [5, 5.41) is 15.2. The van der Waals surface area contributed by atoms with Crippen LogP contribution in [-0.4, -0.2) is 55.9 Å². The molecular weight excluding hydrogens is 382 g/mol. The first-order valence-corrected chi connectivity index (χ1v) is 10.3. The number of hydrogen-bond donors (Lipinski definition) is 3. The van der Waals surface area contributed by atoms with Gasteiger partial charge in [-0.2, -0.15) is 0 Å². The Morgan fingerprint density at radius 3 is 2.30 bits per heavy atom. The second-order valence-corrected chi connectivity index (χ2v) is 7.79. The van der Waals surface area contributed by atoms with Crippen molar-refractivity contribution in [1.82, 2.24) is 5.32 Å². The average molecular weight is 409 g/mol. The summed E-state index contributed by atoms with van der Waals surface area (Å²) < 4.78 is 5.37. The van der Waals surface area contributed by atoms with E-state index >= 15 is 0 Å². The van der Waals surface area contributed by atoms with Crippen molar-refractivity contribution in [3.8, 4) is 0 Å². The van der Waals surface area contributed by atoms with Gasteiger partial charge in [-0.1, -0.05) is 30.3 Å². The highest BCUT2D eigenvalue weighted by atomic mass is 16.5. The molecule has 4 rings (SSSR count). The van der Waals surface area contributed by atoms with Crippen molar-refractivity contribution in [2.75, 3.05) is 43.1 Å². The van der Waals surface area contributed by atoms with E-state index in [1.807, 2.05) is 54.6 Å². The number of aliphatic hydroxyl groups excluding tert-OH is 1. The third-order valence-corrected chi connectivity index (χ3v) is 5.83. The van der Waals surface area contributed by atoms with Crippen LogP contribution in [0.1, 0.15) is 18.4 Å². The van der Waals surface area contributed by atoms with Crippen molar-refractivity contribution in [3.63, 3.8) is 0 Å². The standard InChI is InChI=1S/C23H27N3O4/c27-16-20(25-22(29)23(10-11-23)17-4-2-1-3-5-17)21(28)24-18-6-8-19(9-7-18)26-12-14-30-15-13-26/h1-9,20,27H,10-16H2,(H,24,28)(H,25,29). The van der Waals surface area contributed by atoms with Gasteiger partial charge < -0.3 is 25.4 Å². The van der Waals surface area contributed by atoms with Gasteiger partial charge in [0.25, 0.3) is 0 Å². The smallest absolute Gasteiger partial charge is 0.249 e. The number of rotatable bonds is 7. The van der Waals surface area contributed by atoms with Gasteiger partial charge in [-0.15, -0.1) is 0 Å². The molecule has 1 heterocycles. The molecule has 3 N–H and O–H groups in total. The van der Waals surface area contributed by atoms with Gasteiger partial charge in [0.2, 0.25) is 11.8 Å². The molecule has 1 saturated carbocycles. The molecule has 1 atom stereocenters. The number of anilines is 2. The lowest BCUT2D eigenvalue weighted by Crippen LogP contribution is -2.49. The highest BCUT2D eigenvalue weighted by molar-refractivity contribution is 6.00. The summed E-state index contributed by atoms with van der Waals surface area (Å²) in [4.78, 5) is 27.7. The van der Waals surface area contributed by atoms with E-state index in [4.69, 9.17) is 4.74 Å². The molecule has 1 saturated heterocycles. The van der Waals surface area contributed by atoms with E-state index in [9.17, 15) is 14.7 Å². The number of hydrogen-bond acceptors (Lipinski definition) is 5. The number of ether oxygens (including phenoxy) is 1. The minimum Gasteiger partial charge on any atom is -0.394 e. The first-order chi connectivity index (χ1) is 14.6. The molecule has 7 nitrogen and oxygen atoms in total. The molecule has 2 aromatic rings. The SMILES string of the molecule is O=C(Nc1ccc(N2CCOCC2)cc1)C(CO)NC(=O)C1(c2ccccc2)CC1. The molecule has 1 unspecified atom stereocenters. The lowest BCUT2D eigenvalue weighted by atomic mass is 9.94. The van der Waals surface area contributed by atoms with E-state index in [2.05, 4.69) is 15.5 Å². The summed E-state index contributed by atoms with van der Waals surface area (Å²) in [6, 6.07) is 16.1. The van der Waals surface area contributed by atoms with E-state index in [1.54, 1.807) is 0 Å². The maximum atomic E-state index is 12.9. The summed E-state index contributed by atoms with van der Waals surface area (Å²) in [5.41, 5.74) is 2.04. The third-order valence-electron chi connectivity index (χ3n) is 5.83. The fourth-order valence-corrected chi connectivity index (χ4v) is 3.83. The Hall–Kier alpha value is -2.90. The zero-order chi connectivity index (χ0) is 21.0. The largest absolute Gasteiger partial charge is 0.394 e. The van der Waals surface area contributed by atoms with Crippen LogP contribution in [0.3, 0.4) is 0 Å². The number of carbonyl (C=O) groups excluding carboxylic acids is 2. The molecule has 1 aliphatic heterocycles. The van der Waals surface area contributed by atoms with E-state index in [-0.39, 0.29) is 5.91 Å². The third kappa shape index (κ3) is 4.32. The Bertz CT molecular complexity index is 875. The van der Waals surface area contributed by atoms with Crippen LogP contribution in [0.2, 0.25) is 0 Å². The number of nitrogens with one attached hydrogen (secondary N) is 2. The van der Waals surface area contributed by atoms with Crippen LogP contribution < -0.4 is 15.5 Å². The van der Waals surface area contributed by atoms with Crippen LogP contribution in [-0.2, 0) is 19.7 Å². The van der Waals surface area contributed by atoms with Crippen LogP contribution in [0.15, 0.2) is 54.6 Å². The lowest BCUT2D eigenvalue weighted by Gasteiger charge is -2.29. The van der Waals surface area contributed by atoms with Crippen LogP contribution in [0.25, 0.3) is 0 Å². The fourth-order valence-electron chi connectivity index (χ4n) is 3.83. The quantitative estimate of drug-likeness (QED) is 0.647. The zero-order valence-electron chi connectivity index (χ0n) is 16.8. The van der Waals surface area contributed by atoms with Gasteiger partial charge >= 0.3 is 0 Å². The van der Waals surface area contributed by atoms with Crippen LogP contribution in [0, 0.1) is 0 Å². The van der Waals surface area contributed by atoms with E-state index in [0.717, 1.165) is 37.2 Å². The second-order valence-electron chi connectivity index (χ2n) is 7.79. The van der Waals surface area contributed by atoms with Crippen molar-refractivity contribution in [1.29, 1.82) is 0 Å². The Balaban J connectivity index is 1.36. The highest BCUT2D eigenvalue weighted by Gasteiger charge is 2.51. The molecule has 2 aliphatic rings. The van der Waals surface area contributed by atoms with E-state index in [1.165, 1.54) is 0 Å². The monoisotopic (exact) mass is 409 g/mol. The first-order valence-electron chi connectivity index (χ1n) is 10.3. The number of amides is 2. The van der Waals surface area contributed by atoms with Crippen molar-refractivity contribution in [2.24, 2.45) is 0 Å². The van der Waals surface area contributed by atoms with Gasteiger partial charge in [-0.25, -0.2) is 0 Å². The summed E-state index contributed by atoms with van der Waals surface area (Å²) in [5.74, 6) is -0.653. The Morgan fingerprint density at radius 1 is 1.03 bits per heavy atom. The van der Waals surface area contributed by atoms with Crippen LogP contribution in [0.5, 0.6) is 0 Å². The molecule has 7 heteroatoms. The topological polar surface area (TPSA) is 90.9 Å². The molecule has 30 heavy (non-hydrogen) atoms. The summed E-state index contributed by atoms with van der Waals surface area (Å²) in [6.07, 6.45) is 1.48. The molecule has 158 valence electrons. The maximum Gasteiger partial charge on any atom is 0.249 e. The Morgan fingerprint density at radius 2 is 1.70 bits per heavy atom. The summed E-state index contributed by atoms with van der Waals surface area (Å²) >= 11 is 0. The second kappa shape index (κ2) is 8.85. The predicted molar refractivity (Wildman–Crippen MR) is 114 cm³/mol. The Kier molecular flexibility index (Phi) is 6.01. The van der Waals surface area contributed by atoms with Gasteiger partial charge in [-0.05, 0) is 42.7 Å². The predicted octanol–water partition coefficient (Wildman–Crippen LogP) is 1.67. The average Bonchev–Trinajstić information content (AvgIpc) is 3.61. The van der Waals surface area contributed by atoms with Crippen molar-refractivity contribution >= 4 is 23.2 Å². The molecule has 2 fully saturated rings. The van der Waals surface area contributed by atoms with Gasteiger partial charge in [0.1, 0.15) is 6.04 Å².